The highest BCUT2D eigenvalue weighted by Gasteiger charge is 2.56. The molecule has 2 aliphatic rings. The van der Waals surface area contributed by atoms with Crippen molar-refractivity contribution in [1.82, 2.24) is 10.3 Å². The van der Waals surface area contributed by atoms with Crippen LogP contribution in [0, 0.1) is 0 Å². The van der Waals surface area contributed by atoms with Crippen molar-refractivity contribution >= 4 is 11.8 Å². The number of nitrogens with zero attached hydrogens (tertiary/aromatic N) is 1. The summed E-state index contributed by atoms with van der Waals surface area (Å²) in [4.78, 5) is 27.0. The smallest absolute Gasteiger partial charge is 0.276 e. The molecule has 1 aliphatic carbocycles. The topological polar surface area (TPSA) is 59.1 Å². The molecule has 0 unspecified atom stereocenters. The van der Waals surface area contributed by atoms with E-state index >= 15 is 0 Å². The highest BCUT2D eigenvalue weighted by Crippen LogP contribution is 2.50. The van der Waals surface area contributed by atoms with Gasteiger partial charge >= 0.3 is 0 Å². The van der Waals surface area contributed by atoms with Gasteiger partial charge in [-0.15, -0.1) is 0 Å². The van der Waals surface area contributed by atoms with Crippen molar-refractivity contribution in [3.05, 3.63) is 29.6 Å². The number of imide groups is 1. The zero-order chi connectivity index (χ0) is 9.76. The fourth-order valence-corrected chi connectivity index (χ4v) is 2.00. The Morgan fingerprint density at radius 2 is 2.14 bits per heavy atom. The van der Waals surface area contributed by atoms with Gasteiger partial charge in [0.25, 0.3) is 5.91 Å². The summed E-state index contributed by atoms with van der Waals surface area (Å²) in [5.74, 6) is -0.536. The van der Waals surface area contributed by atoms with Crippen LogP contribution in [0.15, 0.2) is 18.3 Å². The van der Waals surface area contributed by atoms with E-state index in [9.17, 15) is 9.59 Å². The molecular formula is C10H8N2O2. The Balaban J connectivity index is 2.27. The largest absolute Gasteiger partial charge is 0.290 e. The zero-order valence-electron chi connectivity index (χ0n) is 7.41. The van der Waals surface area contributed by atoms with E-state index in [1.807, 2.05) is 6.07 Å². The molecule has 0 bridgehead atoms. The summed E-state index contributed by atoms with van der Waals surface area (Å²) < 4.78 is 0. The molecule has 3 rings (SSSR count). The Morgan fingerprint density at radius 3 is 2.86 bits per heavy atom. The Morgan fingerprint density at radius 1 is 1.36 bits per heavy atom. The molecule has 2 amide bonds. The lowest BCUT2D eigenvalue weighted by molar-refractivity contribution is -0.122. The molecular weight excluding hydrogens is 180 g/mol. The van der Waals surface area contributed by atoms with Crippen LogP contribution < -0.4 is 5.32 Å². The van der Waals surface area contributed by atoms with Gasteiger partial charge in [0.05, 0.1) is 5.41 Å². The maximum Gasteiger partial charge on any atom is 0.276 e. The zero-order valence-corrected chi connectivity index (χ0v) is 7.41. The van der Waals surface area contributed by atoms with Crippen molar-refractivity contribution in [3.63, 3.8) is 0 Å². The second kappa shape index (κ2) is 2.20. The van der Waals surface area contributed by atoms with E-state index in [-0.39, 0.29) is 11.8 Å². The summed E-state index contributed by atoms with van der Waals surface area (Å²) in [6.07, 6.45) is 3.22. The van der Waals surface area contributed by atoms with Gasteiger partial charge in [-0.3, -0.25) is 19.9 Å². The van der Waals surface area contributed by atoms with Gasteiger partial charge < -0.3 is 0 Å². The number of hydrogen-bond acceptors (Lipinski definition) is 3. The molecule has 2 heterocycles. The van der Waals surface area contributed by atoms with Crippen LogP contribution in [0.4, 0.5) is 0 Å². The quantitative estimate of drug-likeness (QED) is 0.599. The van der Waals surface area contributed by atoms with Crippen LogP contribution >= 0.6 is 0 Å². The van der Waals surface area contributed by atoms with Gasteiger partial charge in [0.15, 0.2) is 0 Å². The van der Waals surface area contributed by atoms with Crippen LogP contribution in [-0.2, 0) is 10.2 Å². The number of carbonyl (C=O) groups is 2. The van der Waals surface area contributed by atoms with Crippen LogP contribution in [0.3, 0.4) is 0 Å². The van der Waals surface area contributed by atoms with E-state index in [1.165, 1.54) is 0 Å². The number of pyridine rings is 1. The predicted molar refractivity (Wildman–Crippen MR) is 47.6 cm³/mol. The van der Waals surface area contributed by atoms with Crippen LogP contribution in [0.1, 0.15) is 28.9 Å². The van der Waals surface area contributed by atoms with Gasteiger partial charge in [0.2, 0.25) is 5.91 Å². The van der Waals surface area contributed by atoms with Crippen molar-refractivity contribution in [2.75, 3.05) is 0 Å². The van der Waals surface area contributed by atoms with Gasteiger partial charge in [0.1, 0.15) is 5.69 Å². The molecule has 1 aliphatic heterocycles. The second-order valence-electron chi connectivity index (χ2n) is 3.76. The van der Waals surface area contributed by atoms with Gasteiger partial charge in [0, 0.05) is 6.20 Å². The van der Waals surface area contributed by atoms with E-state index in [0.29, 0.717) is 5.69 Å². The molecule has 4 heteroatoms. The normalized spacial score (nSPS) is 21.7. The van der Waals surface area contributed by atoms with Crippen LogP contribution in [-0.4, -0.2) is 16.8 Å². The fraction of sp³-hybridized carbons (Fsp3) is 0.300. The first-order valence-corrected chi connectivity index (χ1v) is 4.55. The third kappa shape index (κ3) is 0.755. The Hall–Kier alpha value is -1.71. The Labute approximate surface area is 80.3 Å². The molecule has 1 aromatic rings. The lowest BCUT2D eigenvalue weighted by Crippen LogP contribution is -2.45. The first-order chi connectivity index (χ1) is 6.74. The Kier molecular flexibility index (Phi) is 1.21. The van der Waals surface area contributed by atoms with E-state index in [2.05, 4.69) is 10.3 Å². The third-order valence-electron chi connectivity index (χ3n) is 2.95. The number of hydrogen-bond donors (Lipinski definition) is 1. The predicted octanol–water partition coefficient (Wildman–Crippen LogP) is 0.383. The average Bonchev–Trinajstić information content (AvgIpc) is 2.97. The van der Waals surface area contributed by atoms with E-state index in [4.69, 9.17) is 0 Å². The molecule has 14 heavy (non-hydrogen) atoms. The molecule has 1 N–H and O–H groups in total. The molecule has 0 saturated heterocycles. The minimum absolute atomic E-state index is 0.164. The molecule has 4 nitrogen and oxygen atoms in total. The minimum Gasteiger partial charge on any atom is -0.290 e. The summed E-state index contributed by atoms with van der Waals surface area (Å²) in [5, 5.41) is 2.35. The minimum atomic E-state index is -0.433. The molecule has 70 valence electrons. The maximum absolute atomic E-state index is 11.6. The molecule has 1 aromatic heterocycles. The van der Waals surface area contributed by atoms with Crippen molar-refractivity contribution in [2.45, 2.75) is 18.3 Å². The summed E-state index contributed by atoms with van der Waals surface area (Å²) in [5.41, 5.74) is 0.774. The molecule has 0 atom stereocenters. The van der Waals surface area contributed by atoms with E-state index in [0.717, 1.165) is 18.4 Å². The summed E-state index contributed by atoms with van der Waals surface area (Å²) >= 11 is 0. The number of rotatable bonds is 0. The highest BCUT2D eigenvalue weighted by molar-refractivity contribution is 6.13. The van der Waals surface area contributed by atoms with E-state index < -0.39 is 5.41 Å². The molecule has 0 aromatic carbocycles. The maximum atomic E-state index is 11.6. The molecule has 1 spiro atoms. The number of amides is 2. The summed E-state index contributed by atoms with van der Waals surface area (Å²) in [6, 6.07) is 3.59. The van der Waals surface area contributed by atoms with Crippen LogP contribution in [0.5, 0.6) is 0 Å². The van der Waals surface area contributed by atoms with Gasteiger partial charge in [-0.1, -0.05) is 6.07 Å². The number of fused-ring (bicyclic) bond motifs is 2. The van der Waals surface area contributed by atoms with Crippen molar-refractivity contribution in [2.24, 2.45) is 0 Å². The van der Waals surface area contributed by atoms with Gasteiger partial charge in [-0.2, -0.15) is 0 Å². The fourth-order valence-electron chi connectivity index (χ4n) is 2.00. The Bertz CT molecular complexity index is 449. The average molecular weight is 188 g/mol. The third-order valence-corrected chi connectivity index (χ3v) is 2.95. The monoisotopic (exact) mass is 188 g/mol. The molecule has 0 radical (unpaired) electrons. The SMILES string of the molecule is O=C1NC(=O)C2(CC2)c2cccnc21. The number of aromatic nitrogens is 1. The number of nitrogens with one attached hydrogen (secondary N) is 1. The lowest BCUT2D eigenvalue weighted by atomic mass is 9.90. The molecule has 1 fully saturated rings. The second-order valence-corrected chi connectivity index (χ2v) is 3.76. The summed E-state index contributed by atoms with van der Waals surface area (Å²) in [6.45, 7) is 0. The van der Waals surface area contributed by atoms with Crippen LogP contribution in [0.2, 0.25) is 0 Å². The number of carbonyl (C=O) groups excluding carboxylic acids is 2. The van der Waals surface area contributed by atoms with Crippen molar-refractivity contribution in [3.8, 4) is 0 Å². The first-order valence-electron chi connectivity index (χ1n) is 4.55. The van der Waals surface area contributed by atoms with Crippen LogP contribution in [0.25, 0.3) is 0 Å². The van der Waals surface area contributed by atoms with Crippen molar-refractivity contribution in [1.29, 1.82) is 0 Å². The lowest BCUT2D eigenvalue weighted by Gasteiger charge is -2.22. The van der Waals surface area contributed by atoms with Gasteiger partial charge in [-0.05, 0) is 24.5 Å². The van der Waals surface area contributed by atoms with Gasteiger partial charge in [-0.25, -0.2) is 0 Å². The van der Waals surface area contributed by atoms with Crippen molar-refractivity contribution < 1.29 is 9.59 Å². The first kappa shape index (κ1) is 7.67. The van der Waals surface area contributed by atoms with E-state index in [1.54, 1.807) is 12.3 Å². The highest BCUT2D eigenvalue weighted by atomic mass is 16.2. The molecule has 1 saturated carbocycles. The summed E-state index contributed by atoms with van der Waals surface area (Å²) in [7, 11) is 0. The standard InChI is InChI=1S/C10H8N2O2/c13-8-7-6(2-1-5-11-7)10(3-4-10)9(14)12-8/h1-2,5H,3-4H2,(H,12,13,14).